The fraction of sp³-hybridized carbons (Fsp3) is 0.281. The van der Waals surface area contributed by atoms with Gasteiger partial charge in [0.05, 0.1) is 24.0 Å². The van der Waals surface area contributed by atoms with Crippen LogP contribution in [-0.4, -0.2) is 63.9 Å². The van der Waals surface area contributed by atoms with Crippen molar-refractivity contribution < 1.29 is 9.13 Å². The highest BCUT2D eigenvalue weighted by Crippen LogP contribution is 2.30. The number of nitrogens with zero attached hydrogens (tertiary/aromatic N) is 6. The number of hydrogen-bond acceptors (Lipinski definition) is 9. The summed E-state index contributed by atoms with van der Waals surface area (Å²) in [5.41, 5.74) is 5.22. The van der Waals surface area contributed by atoms with E-state index in [2.05, 4.69) is 20.6 Å². The number of aryl methyl sites for hydroxylation is 1. The standard InChI is InChI=1S/C32H31FN8O2/c1-20-25(3-4-28(37-20)21-6-9-34-10-7-21)26-16-22-18-36-32(39-30(22)41(31(26)42)24-8-15-43-19-24)38-23-2-5-29(27(33)17-23)40-13-11-35-12-14-40/h2-7,9-10,16-18,24,35H,8,11-15,19H2,1H3,(H,36,38,39). The van der Waals surface area contributed by atoms with Gasteiger partial charge >= 0.3 is 0 Å². The van der Waals surface area contributed by atoms with E-state index in [4.69, 9.17) is 14.7 Å². The molecular weight excluding hydrogens is 547 g/mol. The maximum absolute atomic E-state index is 15.1. The molecule has 5 aromatic rings. The van der Waals surface area contributed by atoms with E-state index in [-0.39, 0.29) is 23.4 Å². The number of anilines is 3. The van der Waals surface area contributed by atoms with Crippen LogP contribution in [-0.2, 0) is 4.74 Å². The highest BCUT2D eigenvalue weighted by Gasteiger charge is 2.25. The van der Waals surface area contributed by atoms with Crippen LogP contribution in [0.25, 0.3) is 33.4 Å². The van der Waals surface area contributed by atoms with Crippen molar-refractivity contribution in [1.82, 2.24) is 29.8 Å². The fourth-order valence-electron chi connectivity index (χ4n) is 5.84. The molecule has 6 heterocycles. The van der Waals surface area contributed by atoms with Gasteiger partial charge in [0.1, 0.15) is 11.5 Å². The van der Waals surface area contributed by atoms with Crippen LogP contribution in [0.3, 0.4) is 0 Å². The van der Waals surface area contributed by atoms with Gasteiger partial charge in [-0.2, -0.15) is 4.98 Å². The number of rotatable bonds is 6. The second kappa shape index (κ2) is 11.5. The van der Waals surface area contributed by atoms with Crippen molar-refractivity contribution in [2.45, 2.75) is 19.4 Å². The van der Waals surface area contributed by atoms with Crippen molar-refractivity contribution in [2.24, 2.45) is 0 Å². The zero-order valence-corrected chi connectivity index (χ0v) is 23.8. The largest absolute Gasteiger partial charge is 0.379 e. The lowest BCUT2D eigenvalue weighted by molar-refractivity contribution is 0.186. The number of nitrogens with one attached hydrogen (secondary N) is 2. The van der Waals surface area contributed by atoms with Gasteiger partial charge in [-0.3, -0.25) is 19.3 Å². The lowest BCUT2D eigenvalue weighted by Gasteiger charge is -2.29. The zero-order valence-electron chi connectivity index (χ0n) is 23.8. The molecule has 1 aromatic carbocycles. The van der Waals surface area contributed by atoms with Gasteiger partial charge in [-0.05, 0) is 55.8 Å². The van der Waals surface area contributed by atoms with Crippen LogP contribution in [0.4, 0.5) is 21.7 Å². The molecule has 0 bridgehead atoms. The minimum Gasteiger partial charge on any atom is -0.379 e. The summed E-state index contributed by atoms with van der Waals surface area (Å²) in [7, 11) is 0. The number of ether oxygens (including phenoxy) is 1. The topological polar surface area (TPSA) is 110 Å². The molecule has 2 aliphatic rings. The monoisotopic (exact) mass is 578 g/mol. The Hall–Kier alpha value is -4.74. The summed E-state index contributed by atoms with van der Waals surface area (Å²) in [6.45, 7) is 6.06. The minimum atomic E-state index is -0.309. The molecule has 0 aliphatic carbocycles. The molecule has 11 heteroatoms. The molecule has 218 valence electrons. The van der Waals surface area contributed by atoms with Crippen LogP contribution in [0, 0.1) is 12.7 Å². The molecule has 2 N–H and O–H groups in total. The Balaban J connectivity index is 1.26. The molecule has 0 spiro atoms. The van der Waals surface area contributed by atoms with Gasteiger partial charge < -0.3 is 20.3 Å². The van der Waals surface area contributed by atoms with Crippen molar-refractivity contribution in [1.29, 1.82) is 0 Å². The molecule has 7 rings (SSSR count). The van der Waals surface area contributed by atoms with Crippen LogP contribution >= 0.6 is 0 Å². The molecule has 2 saturated heterocycles. The zero-order chi connectivity index (χ0) is 29.3. The van der Waals surface area contributed by atoms with Gasteiger partial charge in [0, 0.05) is 84.8 Å². The van der Waals surface area contributed by atoms with Crippen molar-refractivity contribution in [3.05, 3.63) is 89.0 Å². The van der Waals surface area contributed by atoms with Crippen LogP contribution < -0.4 is 21.1 Å². The number of pyridine rings is 3. The van der Waals surface area contributed by atoms with Gasteiger partial charge in [-0.25, -0.2) is 9.37 Å². The quantitative estimate of drug-likeness (QED) is 0.301. The second-order valence-corrected chi connectivity index (χ2v) is 10.8. The number of halogens is 1. The molecule has 0 saturated carbocycles. The van der Waals surface area contributed by atoms with E-state index in [1.165, 1.54) is 6.07 Å². The predicted octanol–water partition coefficient (Wildman–Crippen LogP) is 4.48. The summed E-state index contributed by atoms with van der Waals surface area (Å²) in [5.74, 6) is -0.0301. The smallest absolute Gasteiger partial charge is 0.260 e. The Morgan fingerprint density at radius 3 is 2.60 bits per heavy atom. The molecule has 0 amide bonds. The summed E-state index contributed by atoms with van der Waals surface area (Å²) < 4.78 is 22.4. The molecule has 1 unspecified atom stereocenters. The fourth-order valence-corrected chi connectivity index (χ4v) is 5.84. The van der Waals surface area contributed by atoms with Crippen LogP contribution in [0.2, 0.25) is 0 Å². The molecule has 10 nitrogen and oxygen atoms in total. The average molecular weight is 579 g/mol. The van der Waals surface area contributed by atoms with E-state index in [0.717, 1.165) is 48.7 Å². The van der Waals surface area contributed by atoms with Crippen molar-refractivity contribution >= 4 is 28.4 Å². The first-order valence-corrected chi connectivity index (χ1v) is 14.5. The number of aromatic nitrogens is 5. The highest BCUT2D eigenvalue weighted by molar-refractivity contribution is 5.83. The van der Waals surface area contributed by atoms with Gasteiger partial charge in [0.2, 0.25) is 5.95 Å². The number of hydrogen-bond donors (Lipinski definition) is 2. The molecule has 0 radical (unpaired) electrons. The maximum Gasteiger partial charge on any atom is 0.260 e. The Labute approximate surface area is 247 Å². The first-order chi connectivity index (χ1) is 21.0. The number of benzene rings is 1. The second-order valence-electron chi connectivity index (χ2n) is 10.8. The molecule has 43 heavy (non-hydrogen) atoms. The first-order valence-electron chi connectivity index (χ1n) is 14.5. The molecular formula is C32H31FN8O2. The normalized spacial score (nSPS) is 17.0. The van der Waals surface area contributed by atoms with E-state index < -0.39 is 0 Å². The third kappa shape index (κ3) is 5.33. The summed E-state index contributed by atoms with van der Waals surface area (Å²) >= 11 is 0. The molecule has 1 atom stereocenters. The summed E-state index contributed by atoms with van der Waals surface area (Å²) in [6.07, 6.45) is 5.85. The SMILES string of the molecule is Cc1nc(-c2ccncc2)ccc1-c1cc2cnc(Nc3ccc(N4CCNCC4)c(F)c3)nc2n(C2CCOC2)c1=O. The Morgan fingerprint density at radius 2 is 1.86 bits per heavy atom. The summed E-state index contributed by atoms with van der Waals surface area (Å²) in [4.78, 5) is 34.3. The number of piperazine rings is 1. The van der Waals surface area contributed by atoms with Gasteiger partial charge in [-0.15, -0.1) is 0 Å². The summed E-state index contributed by atoms with van der Waals surface area (Å²) in [6, 6.07) is 14.4. The minimum absolute atomic E-state index is 0.166. The van der Waals surface area contributed by atoms with Crippen molar-refractivity contribution in [3.63, 3.8) is 0 Å². The number of fused-ring (bicyclic) bond motifs is 1. The summed E-state index contributed by atoms with van der Waals surface area (Å²) in [5, 5.41) is 7.12. The third-order valence-corrected chi connectivity index (χ3v) is 8.06. The van der Waals surface area contributed by atoms with E-state index in [1.807, 2.05) is 48.2 Å². The Kier molecular flexibility index (Phi) is 7.25. The van der Waals surface area contributed by atoms with Gasteiger partial charge in [0.25, 0.3) is 5.56 Å². The van der Waals surface area contributed by atoms with E-state index in [0.29, 0.717) is 47.6 Å². The van der Waals surface area contributed by atoms with E-state index >= 15 is 4.39 Å². The lowest BCUT2D eigenvalue weighted by atomic mass is 10.0. The van der Waals surface area contributed by atoms with Gasteiger partial charge in [0.15, 0.2) is 0 Å². The third-order valence-electron chi connectivity index (χ3n) is 8.06. The Bertz CT molecular complexity index is 1850. The molecule has 4 aromatic heterocycles. The lowest BCUT2D eigenvalue weighted by Crippen LogP contribution is -2.43. The van der Waals surface area contributed by atoms with Crippen LogP contribution in [0.1, 0.15) is 18.2 Å². The average Bonchev–Trinajstić information content (AvgIpc) is 3.56. The Morgan fingerprint density at radius 1 is 1.02 bits per heavy atom. The molecule has 2 aliphatic heterocycles. The predicted molar refractivity (Wildman–Crippen MR) is 164 cm³/mol. The molecule has 2 fully saturated rings. The van der Waals surface area contributed by atoms with Crippen LogP contribution in [0.5, 0.6) is 0 Å². The van der Waals surface area contributed by atoms with Crippen molar-refractivity contribution in [3.8, 4) is 22.4 Å². The van der Waals surface area contributed by atoms with Crippen LogP contribution in [0.15, 0.2) is 71.9 Å². The highest BCUT2D eigenvalue weighted by atomic mass is 19.1. The first kappa shape index (κ1) is 27.1. The van der Waals surface area contributed by atoms with Gasteiger partial charge in [-0.1, -0.05) is 6.07 Å². The van der Waals surface area contributed by atoms with Crippen molar-refractivity contribution in [2.75, 3.05) is 49.6 Å². The maximum atomic E-state index is 15.1. The van der Waals surface area contributed by atoms with E-state index in [1.54, 1.807) is 29.2 Å². The van der Waals surface area contributed by atoms with E-state index in [9.17, 15) is 4.79 Å².